The Morgan fingerprint density at radius 1 is 1.24 bits per heavy atom. The lowest BCUT2D eigenvalue weighted by molar-refractivity contribution is -0.128. The maximum Gasteiger partial charge on any atom is 0.261 e. The summed E-state index contributed by atoms with van der Waals surface area (Å²) in [6.07, 6.45) is 0.878. The zero-order chi connectivity index (χ0) is 14.8. The molecule has 0 radical (unpaired) electrons. The van der Waals surface area contributed by atoms with Crippen LogP contribution in [0.3, 0.4) is 0 Å². The second kappa shape index (κ2) is 11.3. The van der Waals surface area contributed by atoms with Crippen molar-refractivity contribution in [1.29, 1.82) is 0 Å². The highest BCUT2D eigenvalue weighted by molar-refractivity contribution is 5.85. The van der Waals surface area contributed by atoms with E-state index in [1.165, 1.54) is 12.1 Å². The van der Waals surface area contributed by atoms with E-state index in [9.17, 15) is 9.18 Å². The largest absolute Gasteiger partial charge is 0.478 e. The summed E-state index contributed by atoms with van der Waals surface area (Å²) in [6.45, 7) is 6.10. The molecule has 1 unspecified atom stereocenters. The number of carbonyl (C=O) groups excluding carboxylic acids is 1. The fourth-order valence-corrected chi connectivity index (χ4v) is 1.71. The van der Waals surface area contributed by atoms with E-state index in [-0.39, 0.29) is 24.1 Å². The number of halogens is 2. The van der Waals surface area contributed by atoms with Gasteiger partial charge in [0.05, 0.1) is 0 Å². The second-order valence-corrected chi connectivity index (χ2v) is 4.49. The normalized spacial score (nSPS) is 11.4. The van der Waals surface area contributed by atoms with Crippen LogP contribution in [0.2, 0.25) is 0 Å². The van der Waals surface area contributed by atoms with E-state index in [0.717, 1.165) is 19.5 Å². The predicted molar refractivity (Wildman–Crippen MR) is 84.5 cm³/mol. The third kappa shape index (κ3) is 7.29. The Morgan fingerprint density at radius 3 is 2.57 bits per heavy atom. The average Bonchev–Trinajstić information content (AvgIpc) is 2.46. The van der Waals surface area contributed by atoms with Gasteiger partial charge in [0.2, 0.25) is 0 Å². The van der Waals surface area contributed by atoms with Crippen molar-refractivity contribution in [2.45, 2.75) is 32.8 Å². The number of benzene rings is 1. The van der Waals surface area contributed by atoms with Crippen molar-refractivity contribution >= 4 is 18.3 Å². The number of nitrogens with one attached hydrogen (secondary N) is 2. The van der Waals surface area contributed by atoms with Crippen molar-refractivity contribution in [3.05, 3.63) is 30.1 Å². The standard InChI is InChI=1S/C15H23FN2O2.ClH/c1-3-9-17-10-11-18-15(19)13(4-2)20-14-8-6-5-7-12(14)16;/h5-8,13,17H,3-4,9-11H2,1-2H3,(H,18,19);1H. The van der Waals surface area contributed by atoms with Gasteiger partial charge >= 0.3 is 0 Å². The van der Waals surface area contributed by atoms with Gasteiger partial charge in [-0.15, -0.1) is 12.4 Å². The van der Waals surface area contributed by atoms with Gasteiger partial charge in [-0.05, 0) is 31.5 Å². The molecule has 1 aromatic carbocycles. The summed E-state index contributed by atoms with van der Waals surface area (Å²) in [5.74, 6) is -0.559. The lowest BCUT2D eigenvalue weighted by Crippen LogP contribution is -2.41. The van der Waals surface area contributed by atoms with Crippen molar-refractivity contribution in [3.63, 3.8) is 0 Å². The lowest BCUT2D eigenvalue weighted by atomic mass is 10.2. The summed E-state index contributed by atoms with van der Waals surface area (Å²) in [5.41, 5.74) is 0. The van der Waals surface area contributed by atoms with E-state index in [0.29, 0.717) is 13.0 Å². The Morgan fingerprint density at radius 2 is 1.95 bits per heavy atom. The summed E-state index contributed by atoms with van der Waals surface area (Å²) >= 11 is 0. The Hall–Kier alpha value is -1.33. The Balaban J connectivity index is 0.00000400. The second-order valence-electron chi connectivity index (χ2n) is 4.49. The molecule has 0 aliphatic carbocycles. The van der Waals surface area contributed by atoms with Crippen LogP contribution in [0.1, 0.15) is 26.7 Å². The van der Waals surface area contributed by atoms with Crippen LogP contribution in [0.25, 0.3) is 0 Å². The SMILES string of the molecule is CCCNCCNC(=O)C(CC)Oc1ccccc1F.Cl. The first-order valence-electron chi connectivity index (χ1n) is 7.08. The van der Waals surface area contributed by atoms with Gasteiger partial charge in [0, 0.05) is 13.1 Å². The molecule has 0 fully saturated rings. The molecule has 0 heterocycles. The first-order chi connectivity index (χ1) is 9.69. The number of carbonyl (C=O) groups is 1. The third-order valence-electron chi connectivity index (χ3n) is 2.80. The Bertz CT molecular complexity index is 418. The van der Waals surface area contributed by atoms with Crippen molar-refractivity contribution in [2.24, 2.45) is 0 Å². The van der Waals surface area contributed by atoms with Crippen LogP contribution >= 0.6 is 12.4 Å². The summed E-state index contributed by atoms with van der Waals surface area (Å²) in [4.78, 5) is 11.9. The summed E-state index contributed by atoms with van der Waals surface area (Å²) < 4.78 is 18.9. The van der Waals surface area contributed by atoms with E-state index >= 15 is 0 Å². The van der Waals surface area contributed by atoms with Gasteiger partial charge in [0.25, 0.3) is 5.91 Å². The van der Waals surface area contributed by atoms with E-state index in [4.69, 9.17) is 4.74 Å². The van der Waals surface area contributed by atoms with Crippen LogP contribution < -0.4 is 15.4 Å². The minimum Gasteiger partial charge on any atom is -0.478 e. The molecule has 0 bridgehead atoms. The number of para-hydroxylation sites is 1. The highest BCUT2D eigenvalue weighted by Gasteiger charge is 2.19. The van der Waals surface area contributed by atoms with E-state index in [1.807, 2.05) is 6.92 Å². The lowest BCUT2D eigenvalue weighted by Gasteiger charge is -2.17. The molecule has 0 spiro atoms. The molecule has 0 saturated heterocycles. The first kappa shape index (κ1) is 19.7. The van der Waals surface area contributed by atoms with Gasteiger partial charge in [-0.2, -0.15) is 0 Å². The monoisotopic (exact) mass is 318 g/mol. The number of ether oxygens (including phenoxy) is 1. The number of amides is 1. The Labute approximate surface area is 131 Å². The van der Waals surface area contributed by atoms with E-state index in [1.54, 1.807) is 12.1 Å². The zero-order valence-corrected chi connectivity index (χ0v) is 13.3. The molecule has 0 aliphatic rings. The maximum atomic E-state index is 13.5. The molecule has 1 rings (SSSR count). The molecular formula is C15H24ClFN2O2. The van der Waals surface area contributed by atoms with Gasteiger partial charge in [-0.25, -0.2) is 4.39 Å². The van der Waals surface area contributed by atoms with Gasteiger partial charge in [-0.3, -0.25) is 4.79 Å². The first-order valence-corrected chi connectivity index (χ1v) is 7.08. The Kier molecular flexibility index (Phi) is 10.6. The van der Waals surface area contributed by atoms with Gasteiger partial charge < -0.3 is 15.4 Å². The highest BCUT2D eigenvalue weighted by atomic mass is 35.5. The fraction of sp³-hybridized carbons (Fsp3) is 0.533. The predicted octanol–water partition coefficient (Wildman–Crippen LogP) is 2.52. The van der Waals surface area contributed by atoms with Gasteiger partial charge in [0.1, 0.15) is 0 Å². The van der Waals surface area contributed by atoms with Crippen molar-refractivity contribution in [2.75, 3.05) is 19.6 Å². The molecule has 21 heavy (non-hydrogen) atoms. The van der Waals surface area contributed by atoms with E-state index < -0.39 is 11.9 Å². The molecule has 0 aromatic heterocycles. The van der Waals surface area contributed by atoms with E-state index in [2.05, 4.69) is 17.6 Å². The summed E-state index contributed by atoms with van der Waals surface area (Å²) in [6, 6.07) is 6.10. The highest BCUT2D eigenvalue weighted by Crippen LogP contribution is 2.17. The number of hydrogen-bond acceptors (Lipinski definition) is 3. The molecule has 1 atom stereocenters. The number of hydrogen-bond donors (Lipinski definition) is 2. The summed E-state index contributed by atoms with van der Waals surface area (Å²) in [5, 5.41) is 5.97. The topological polar surface area (TPSA) is 50.4 Å². The number of rotatable bonds is 9. The van der Waals surface area contributed by atoms with Crippen LogP contribution in [0.5, 0.6) is 5.75 Å². The smallest absolute Gasteiger partial charge is 0.261 e. The van der Waals surface area contributed by atoms with Crippen LogP contribution in [-0.2, 0) is 4.79 Å². The van der Waals surface area contributed by atoms with Crippen LogP contribution in [0.4, 0.5) is 4.39 Å². The van der Waals surface area contributed by atoms with Crippen LogP contribution in [-0.4, -0.2) is 31.6 Å². The maximum absolute atomic E-state index is 13.5. The molecule has 6 heteroatoms. The third-order valence-corrected chi connectivity index (χ3v) is 2.80. The fourth-order valence-electron chi connectivity index (χ4n) is 1.71. The minimum atomic E-state index is -0.668. The van der Waals surface area contributed by atoms with Gasteiger partial charge in [0.15, 0.2) is 17.7 Å². The zero-order valence-electron chi connectivity index (χ0n) is 12.5. The minimum absolute atomic E-state index is 0. The molecule has 120 valence electrons. The molecule has 1 amide bonds. The molecule has 0 aliphatic heterocycles. The summed E-state index contributed by atoms with van der Waals surface area (Å²) in [7, 11) is 0. The molecule has 0 saturated carbocycles. The quantitative estimate of drug-likeness (QED) is 0.688. The molecule has 2 N–H and O–H groups in total. The van der Waals surface area contributed by atoms with Crippen LogP contribution in [0.15, 0.2) is 24.3 Å². The molecule has 1 aromatic rings. The molecular weight excluding hydrogens is 295 g/mol. The van der Waals surface area contributed by atoms with Crippen molar-refractivity contribution in [3.8, 4) is 5.75 Å². The van der Waals surface area contributed by atoms with Crippen molar-refractivity contribution in [1.82, 2.24) is 10.6 Å². The molecule has 4 nitrogen and oxygen atoms in total. The van der Waals surface area contributed by atoms with Gasteiger partial charge in [-0.1, -0.05) is 26.0 Å². The van der Waals surface area contributed by atoms with Crippen LogP contribution in [0, 0.1) is 5.82 Å². The van der Waals surface area contributed by atoms with Crippen molar-refractivity contribution < 1.29 is 13.9 Å². The average molecular weight is 319 g/mol.